The Morgan fingerprint density at radius 2 is 1.92 bits per heavy atom. The van der Waals surface area contributed by atoms with Crippen LogP contribution in [-0.4, -0.2) is 66.2 Å². The molecule has 2 aromatic heterocycles. The zero-order chi connectivity index (χ0) is 25.2. The Bertz CT molecular complexity index is 1320. The van der Waals surface area contributed by atoms with Gasteiger partial charge in [-0.2, -0.15) is 4.39 Å². The van der Waals surface area contributed by atoms with E-state index in [-0.39, 0.29) is 29.1 Å². The van der Waals surface area contributed by atoms with E-state index in [1.807, 2.05) is 11.0 Å². The number of fused-ring (bicyclic) bond motifs is 1. The molecule has 2 atom stereocenters. The van der Waals surface area contributed by atoms with Crippen LogP contribution in [0.1, 0.15) is 41.4 Å². The molecule has 2 aliphatic rings. The summed E-state index contributed by atoms with van der Waals surface area (Å²) >= 11 is 0. The molecule has 1 aliphatic heterocycles. The first-order valence-corrected chi connectivity index (χ1v) is 12.3. The van der Waals surface area contributed by atoms with Crippen LogP contribution in [0.2, 0.25) is 0 Å². The van der Waals surface area contributed by atoms with Crippen LogP contribution in [0, 0.1) is 11.8 Å². The summed E-state index contributed by atoms with van der Waals surface area (Å²) in [5, 5.41) is 3.06. The smallest absolute Gasteiger partial charge is 0.270 e. The number of amides is 1. The molecule has 3 aromatic rings. The average molecular weight is 500 g/mol. The highest BCUT2D eigenvalue weighted by atomic mass is 19.1. The molecule has 2 unspecified atom stereocenters. The molecule has 190 valence electrons. The largest absolute Gasteiger partial charge is 0.365 e. The van der Waals surface area contributed by atoms with Crippen molar-refractivity contribution >= 4 is 22.4 Å². The summed E-state index contributed by atoms with van der Waals surface area (Å²) in [5.74, 6) is -1.62. The van der Waals surface area contributed by atoms with Gasteiger partial charge in [-0.05, 0) is 48.9 Å². The highest BCUT2D eigenvalue weighted by Crippen LogP contribution is 2.37. The van der Waals surface area contributed by atoms with Crippen molar-refractivity contribution in [2.45, 2.75) is 31.2 Å². The molecule has 0 radical (unpaired) electrons. The van der Waals surface area contributed by atoms with Crippen LogP contribution in [0.3, 0.4) is 0 Å². The number of hydrogen-bond acceptors (Lipinski definition) is 5. The minimum Gasteiger partial charge on any atom is -0.365 e. The van der Waals surface area contributed by atoms with E-state index in [2.05, 4.69) is 20.2 Å². The summed E-state index contributed by atoms with van der Waals surface area (Å²) in [6, 6.07) is 9.93. The molecule has 3 heterocycles. The van der Waals surface area contributed by atoms with Crippen molar-refractivity contribution in [3.05, 3.63) is 69.9 Å². The van der Waals surface area contributed by atoms with Gasteiger partial charge in [-0.3, -0.25) is 14.5 Å². The molecule has 10 heteroatoms. The lowest BCUT2D eigenvalue weighted by Crippen LogP contribution is -2.50. The third-order valence-corrected chi connectivity index (χ3v) is 7.30. The molecule has 1 aliphatic carbocycles. The first-order chi connectivity index (χ1) is 17.4. The lowest BCUT2D eigenvalue weighted by atomic mass is 10.00. The van der Waals surface area contributed by atoms with Crippen LogP contribution >= 0.6 is 0 Å². The maximum Gasteiger partial charge on any atom is 0.270 e. The van der Waals surface area contributed by atoms with E-state index in [9.17, 15) is 22.8 Å². The number of halogens is 3. The van der Waals surface area contributed by atoms with E-state index in [0.717, 1.165) is 38.0 Å². The zero-order valence-electron chi connectivity index (χ0n) is 19.8. The van der Waals surface area contributed by atoms with Crippen molar-refractivity contribution in [3.8, 4) is 0 Å². The Morgan fingerprint density at radius 3 is 2.67 bits per heavy atom. The van der Waals surface area contributed by atoms with Gasteiger partial charge in [0.2, 0.25) is 5.95 Å². The first kappa shape index (κ1) is 24.3. The van der Waals surface area contributed by atoms with Crippen molar-refractivity contribution in [1.82, 2.24) is 20.2 Å². The molecular weight excluding hydrogens is 471 g/mol. The van der Waals surface area contributed by atoms with Crippen LogP contribution in [0.4, 0.5) is 18.9 Å². The predicted molar refractivity (Wildman–Crippen MR) is 131 cm³/mol. The number of aromatic nitrogens is 2. The van der Waals surface area contributed by atoms with Gasteiger partial charge >= 0.3 is 0 Å². The Balaban J connectivity index is 1.20. The SMILES string of the molecule is O=C(NCCF)c1ccc(N2CCN(C3CCC(c4cc5cccc(F)c5c(=O)[nH]4)C3)CC2)c(F)n1. The molecule has 36 heavy (non-hydrogen) atoms. The Kier molecular flexibility index (Phi) is 6.95. The van der Waals surface area contributed by atoms with Crippen LogP contribution in [0.15, 0.2) is 41.2 Å². The Hall–Kier alpha value is -3.40. The molecule has 1 saturated heterocycles. The molecule has 2 fully saturated rings. The summed E-state index contributed by atoms with van der Waals surface area (Å²) in [7, 11) is 0. The van der Waals surface area contributed by atoms with E-state index in [0.29, 0.717) is 30.2 Å². The molecular formula is C26H28F3N5O2. The van der Waals surface area contributed by atoms with E-state index in [1.54, 1.807) is 18.2 Å². The molecule has 1 aromatic carbocycles. The number of hydrogen-bond donors (Lipinski definition) is 2. The van der Waals surface area contributed by atoms with Gasteiger partial charge in [0.1, 0.15) is 18.2 Å². The van der Waals surface area contributed by atoms with Gasteiger partial charge < -0.3 is 15.2 Å². The highest BCUT2D eigenvalue weighted by molar-refractivity contribution is 5.92. The number of rotatable bonds is 6. The second-order valence-corrected chi connectivity index (χ2v) is 9.40. The maximum absolute atomic E-state index is 14.6. The van der Waals surface area contributed by atoms with Crippen LogP contribution < -0.4 is 15.8 Å². The predicted octanol–water partition coefficient (Wildman–Crippen LogP) is 3.36. The molecule has 1 saturated carbocycles. The summed E-state index contributed by atoms with van der Waals surface area (Å²) in [6.45, 7) is 1.93. The van der Waals surface area contributed by atoms with Gasteiger partial charge in [0.25, 0.3) is 11.5 Å². The second-order valence-electron chi connectivity index (χ2n) is 9.40. The van der Waals surface area contributed by atoms with Crippen molar-refractivity contribution in [2.75, 3.05) is 44.3 Å². The number of aromatic amines is 1. The molecule has 5 rings (SSSR count). The number of alkyl halides is 1. The number of piperazine rings is 1. The number of carbonyl (C=O) groups is 1. The number of H-pyrrole nitrogens is 1. The molecule has 0 bridgehead atoms. The fourth-order valence-electron chi connectivity index (χ4n) is 5.46. The fraction of sp³-hybridized carbons (Fsp3) is 0.423. The summed E-state index contributed by atoms with van der Waals surface area (Å²) in [4.78, 5) is 35.4. The minimum atomic E-state index is -0.714. The Labute approximate surface area is 206 Å². The number of nitrogens with one attached hydrogen (secondary N) is 2. The van der Waals surface area contributed by atoms with Crippen molar-refractivity contribution in [2.24, 2.45) is 0 Å². The summed E-state index contributed by atoms with van der Waals surface area (Å²) in [5.41, 5.74) is 0.735. The van der Waals surface area contributed by atoms with Crippen LogP contribution in [0.25, 0.3) is 10.8 Å². The van der Waals surface area contributed by atoms with Crippen molar-refractivity contribution in [1.29, 1.82) is 0 Å². The number of pyridine rings is 2. The topological polar surface area (TPSA) is 81.3 Å². The lowest BCUT2D eigenvalue weighted by Gasteiger charge is -2.39. The van der Waals surface area contributed by atoms with Crippen LogP contribution in [0.5, 0.6) is 0 Å². The third-order valence-electron chi connectivity index (χ3n) is 7.30. The van der Waals surface area contributed by atoms with Gasteiger partial charge in [0, 0.05) is 50.4 Å². The van der Waals surface area contributed by atoms with Crippen LogP contribution in [-0.2, 0) is 0 Å². The minimum absolute atomic E-state index is 0.0743. The van der Waals surface area contributed by atoms with Crippen molar-refractivity contribution in [3.63, 3.8) is 0 Å². The Morgan fingerprint density at radius 1 is 1.11 bits per heavy atom. The second kappa shape index (κ2) is 10.3. The first-order valence-electron chi connectivity index (χ1n) is 12.3. The van der Waals surface area contributed by atoms with Gasteiger partial charge in [-0.1, -0.05) is 12.1 Å². The summed E-state index contributed by atoms with van der Waals surface area (Å²) in [6.07, 6.45) is 2.83. The number of nitrogens with zero attached hydrogens (tertiary/aromatic N) is 3. The van der Waals surface area contributed by atoms with Crippen molar-refractivity contribution < 1.29 is 18.0 Å². The summed E-state index contributed by atoms with van der Waals surface area (Å²) < 4.78 is 40.9. The number of anilines is 1. The molecule has 2 N–H and O–H groups in total. The average Bonchev–Trinajstić information content (AvgIpc) is 3.38. The molecule has 0 spiro atoms. The molecule has 1 amide bonds. The lowest BCUT2D eigenvalue weighted by molar-refractivity contribution is 0.0944. The van der Waals surface area contributed by atoms with Gasteiger partial charge in [-0.25, -0.2) is 13.8 Å². The zero-order valence-corrected chi connectivity index (χ0v) is 19.8. The fourth-order valence-corrected chi connectivity index (χ4v) is 5.46. The van der Waals surface area contributed by atoms with Gasteiger partial charge in [0.05, 0.1) is 11.1 Å². The molecule has 7 nitrogen and oxygen atoms in total. The van der Waals surface area contributed by atoms with Gasteiger partial charge in [0.15, 0.2) is 0 Å². The van der Waals surface area contributed by atoms with E-state index < -0.39 is 24.3 Å². The standard InChI is InChI=1S/C26H28F3N5O2/c27-8-9-30-25(35)20-6-7-22(24(29)31-20)34-12-10-33(11-13-34)18-5-4-16(14-18)21-15-17-2-1-3-19(28)23(17)26(36)32-21/h1-3,6-7,15-16,18H,4-5,8-14H2,(H,30,35)(H,32,36). The number of benzene rings is 1. The van der Waals surface area contributed by atoms with E-state index in [1.165, 1.54) is 12.1 Å². The van der Waals surface area contributed by atoms with E-state index in [4.69, 9.17) is 0 Å². The van der Waals surface area contributed by atoms with Gasteiger partial charge in [-0.15, -0.1) is 0 Å². The third kappa shape index (κ3) is 4.82. The number of carbonyl (C=O) groups excluding carboxylic acids is 1. The normalized spacial score (nSPS) is 20.7. The highest BCUT2D eigenvalue weighted by Gasteiger charge is 2.33. The monoisotopic (exact) mass is 499 g/mol. The van der Waals surface area contributed by atoms with E-state index >= 15 is 0 Å². The quantitative estimate of drug-likeness (QED) is 0.509. The maximum atomic E-state index is 14.6.